The maximum Gasteiger partial charge on any atom is 0.232 e. The molecule has 2 atom stereocenters. The summed E-state index contributed by atoms with van der Waals surface area (Å²) in [7, 11) is 0. The molecule has 1 heterocycles. The van der Waals surface area contributed by atoms with Gasteiger partial charge < -0.3 is 10.4 Å². The fraction of sp³-hybridized carbons (Fsp3) is 0.417. The van der Waals surface area contributed by atoms with Crippen molar-refractivity contribution >= 4 is 27.5 Å². The standard InChI is InChI=1S/C12H14BrNO2/c1-3-8-10-5-7(13)4-9(6(2)15)11(10)14-12(8)16/h4-6,8,15H,3H2,1-2H3,(H,14,16). The number of aliphatic hydroxyl groups excluding tert-OH is 1. The fourth-order valence-electron chi connectivity index (χ4n) is 2.16. The summed E-state index contributed by atoms with van der Waals surface area (Å²) in [5.41, 5.74) is 2.54. The van der Waals surface area contributed by atoms with Crippen LogP contribution in [0.1, 0.15) is 43.4 Å². The molecule has 1 aliphatic heterocycles. The molecule has 86 valence electrons. The molecule has 0 fully saturated rings. The number of nitrogens with one attached hydrogen (secondary N) is 1. The molecular weight excluding hydrogens is 270 g/mol. The first kappa shape index (κ1) is 11.6. The van der Waals surface area contributed by atoms with E-state index in [-0.39, 0.29) is 11.8 Å². The summed E-state index contributed by atoms with van der Waals surface area (Å²) in [5.74, 6) is -0.0671. The fourth-order valence-corrected chi connectivity index (χ4v) is 2.65. The van der Waals surface area contributed by atoms with Crippen LogP contribution in [-0.2, 0) is 4.79 Å². The molecule has 3 nitrogen and oxygen atoms in total. The Labute approximate surface area is 103 Å². The van der Waals surface area contributed by atoms with Crippen molar-refractivity contribution in [1.82, 2.24) is 0 Å². The van der Waals surface area contributed by atoms with Gasteiger partial charge in [0.25, 0.3) is 0 Å². The van der Waals surface area contributed by atoms with Gasteiger partial charge in [-0.2, -0.15) is 0 Å². The molecule has 0 aliphatic carbocycles. The quantitative estimate of drug-likeness (QED) is 0.877. The summed E-state index contributed by atoms with van der Waals surface area (Å²) in [6, 6.07) is 3.80. The van der Waals surface area contributed by atoms with E-state index >= 15 is 0 Å². The molecule has 1 aromatic rings. The van der Waals surface area contributed by atoms with Crippen LogP contribution in [0, 0.1) is 0 Å². The number of halogens is 1. The number of aliphatic hydroxyl groups is 1. The second kappa shape index (κ2) is 4.18. The molecule has 2 N–H and O–H groups in total. The van der Waals surface area contributed by atoms with Crippen molar-refractivity contribution in [3.8, 4) is 0 Å². The molecule has 0 radical (unpaired) electrons. The predicted molar refractivity (Wildman–Crippen MR) is 66.4 cm³/mol. The van der Waals surface area contributed by atoms with Gasteiger partial charge in [0.2, 0.25) is 5.91 Å². The van der Waals surface area contributed by atoms with Crippen LogP contribution in [0.15, 0.2) is 16.6 Å². The van der Waals surface area contributed by atoms with E-state index in [4.69, 9.17) is 0 Å². The van der Waals surface area contributed by atoms with E-state index in [0.29, 0.717) is 0 Å². The third kappa shape index (κ3) is 1.76. The monoisotopic (exact) mass is 283 g/mol. The predicted octanol–water partition coefficient (Wildman–Crippen LogP) is 2.95. The normalized spacial score (nSPS) is 20.5. The molecule has 1 amide bonds. The number of carbonyl (C=O) groups is 1. The van der Waals surface area contributed by atoms with E-state index < -0.39 is 6.10 Å². The number of hydrogen-bond donors (Lipinski definition) is 2. The summed E-state index contributed by atoms with van der Waals surface area (Å²) in [6.45, 7) is 3.69. The Hall–Kier alpha value is -0.870. The molecule has 1 aliphatic rings. The second-order valence-corrected chi connectivity index (χ2v) is 5.00. The molecule has 0 bridgehead atoms. The van der Waals surface area contributed by atoms with E-state index in [2.05, 4.69) is 21.2 Å². The van der Waals surface area contributed by atoms with Gasteiger partial charge in [-0.1, -0.05) is 22.9 Å². The van der Waals surface area contributed by atoms with Crippen molar-refractivity contribution in [3.05, 3.63) is 27.7 Å². The van der Waals surface area contributed by atoms with Gasteiger partial charge in [-0.15, -0.1) is 0 Å². The zero-order valence-corrected chi connectivity index (χ0v) is 10.8. The Morgan fingerprint density at radius 3 is 2.81 bits per heavy atom. The maximum atomic E-state index is 11.7. The minimum absolute atomic E-state index is 0.0255. The van der Waals surface area contributed by atoms with Crippen LogP contribution in [0.3, 0.4) is 0 Å². The zero-order chi connectivity index (χ0) is 11.9. The second-order valence-electron chi connectivity index (χ2n) is 4.09. The summed E-state index contributed by atoms with van der Waals surface area (Å²) in [6.07, 6.45) is 0.191. The first-order chi connectivity index (χ1) is 7.54. The Morgan fingerprint density at radius 2 is 2.25 bits per heavy atom. The third-order valence-electron chi connectivity index (χ3n) is 2.96. The molecular formula is C12H14BrNO2. The van der Waals surface area contributed by atoms with Crippen molar-refractivity contribution < 1.29 is 9.90 Å². The molecule has 1 aromatic carbocycles. The number of carbonyl (C=O) groups excluding carboxylic acids is 1. The maximum absolute atomic E-state index is 11.7. The van der Waals surface area contributed by atoms with Gasteiger partial charge in [0.15, 0.2) is 0 Å². The highest BCUT2D eigenvalue weighted by atomic mass is 79.9. The lowest BCUT2D eigenvalue weighted by Crippen LogP contribution is -2.11. The van der Waals surface area contributed by atoms with E-state index in [1.54, 1.807) is 6.92 Å². The molecule has 2 unspecified atom stereocenters. The van der Waals surface area contributed by atoms with Gasteiger partial charge in [-0.05, 0) is 31.0 Å². The number of hydrogen-bond acceptors (Lipinski definition) is 2. The molecule has 16 heavy (non-hydrogen) atoms. The van der Waals surface area contributed by atoms with Gasteiger partial charge in [-0.3, -0.25) is 4.79 Å². The van der Waals surface area contributed by atoms with Crippen LogP contribution in [0.25, 0.3) is 0 Å². The minimum atomic E-state index is -0.581. The molecule has 0 spiro atoms. The topological polar surface area (TPSA) is 49.3 Å². The number of anilines is 1. The lowest BCUT2D eigenvalue weighted by Gasteiger charge is -2.12. The largest absolute Gasteiger partial charge is 0.389 e. The first-order valence-electron chi connectivity index (χ1n) is 5.36. The number of benzene rings is 1. The lowest BCUT2D eigenvalue weighted by atomic mass is 9.95. The smallest absolute Gasteiger partial charge is 0.232 e. The van der Waals surface area contributed by atoms with E-state index in [1.807, 2.05) is 19.1 Å². The molecule has 4 heteroatoms. The van der Waals surface area contributed by atoms with Gasteiger partial charge >= 0.3 is 0 Å². The summed E-state index contributed by atoms with van der Waals surface area (Å²) >= 11 is 3.41. The molecule has 0 saturated carbocycles. The van der Waals surface area contributed by atoms with Crippen molar-refractivity contribution in [2.45, 2.75) is 32.3 Å². The molecule has 0 saturated heterocycles. The summed E-state index contributed by atoms with van der Waals surface area (Å²) in [5, 5.41) is 12.5. The van der Waals surface area contributed by atoms with Gasteiger partial charge in [0, 0.05) is 10.0 Å². The Bertz CT molecular complexity index is 443. The highest BCUT2D eigenvalue weighted by molar-refractivity contribution is 9.10. The van der Waals surface area contributed by atoms with Gasteiger partial charge in [-0.25, -0.2) is 0 Å². The highest BCUT2D eigenvalue weighted by Gasteiger charge is 2.31. The lowest BCUT2D eigenvalue weighted by molar-refractivity contribution is -0.117. The van der Waals surface area contributed by atoms with Crippen molar-refractivity contribution in [3.63, 3.8) is 0 Å². The van der Waals surface area contributed by atoms with E-state index in [9.17, 15) is 9.90 Å². The molecule has 2 rings (SSSR count). The summed E-state index contributed by atoms with van der Waals surface area (Å²) < 4.78 is 0.900. The number of rotatable bonds is 2. The highest BCUT2D eigenvalue weighted by Crippen LogP contribution is 2.41. The minimum Gasteiger partial charge on any atom is -0.389 e. The zero-order valence-electron chi connectivity index (χ0n) is 9.25. The van der Waals surface area contributed by atoms with Crippen LogP contribution in [-0.4, -0.2) is 11.0 Å². The van der Waals surface area contributed by atoms with Crippen LogP contribution in [0.2, 0.25) is 0 Å². The van der Waals surface area contributed by atoms with Crippen molar-refractivity contribution in [2.75, 3.05) is 5.32 Å². The van der Waals surface area contributed by atoms with Gasteiger partial charge in [0.05, 0.1) is 17.7 Å². The number of amides is 1. The van der Waals surface area contributed by atoms with E-state index in [1.165, 1.54) is 0 Å². The number of fused-ring (bicyclic) bond motifs is 1. The van der Waals surface area contributed by atoms with Crippen LogP contribution in [0.5, 0.6) is 0 Å². The average Bonchev–Trinajstić information content (AvgIpc) is 2.52. The average molecular weight is 284 g/mol. The third-order valence-corrected chi connectivity index (χ3v) is 3.42. The Kier molecular flexibility index (Phi) is 3.04. The van der Waals surface area contributed by atoms with Crippen LogP contribution < -0.4 is 5.32 Å². The van der Waals surface area contributed by atoms with Crippen LogP contribution >= 0.6 is 15.9 Å². The van der Waals surface area contributed by atoms with Crippen LogP contribution in [0.4, 0.5) is 5.69 Å². The summed E-state index contributed by atoms with van der Waals surface area (Å²) in [4.78, 5) is 11.7. The Morgan fingerprint density at radius 1 is 1.56 bits per heavy atom. The Balaban J connectivity index is 2.59. The van der Waals surface area contributed by atoms with Crippen molar-refractivity contribution in [2.24, 2.45) is 0 Å². The van der Waals surface area contributed by atoms with Crippen molar-refractivity contribution in [1.29, 1.82) is 0 Å². The SMILES string of the molecule is CCC1C(=O)Nc2c(C(C)O)cc(Br)cc21. The first-order valence-corrected chi connectivity index (χ1v) is 6.16. The molecule has 0 aromatic heterocycles. The van der Waals surface area contributed by atoms with Gasteiger partial charge in [0.1, 0.15) is 0 Å². The van der Waals surface area contributed by atoms with E-state index in [0.717, 1.165) is 27.7 Å².